The maximum Gasteiger partial charge on any atom is 0.408 e. The van der Waals surface area contributed by atoms with Crippen LogP contribution in [0.15, 0.2) is 35.3 Å². The SMILES string of the molecule is CN=C(NCc1c(C)nn(-c2ccccc2)c1C)NCC(C)(C)NC(=O)OC(C)(C)C. The second kappa shape index (κ2) is 9.85. The molecule has 0 atom stereocenters. The molecule has 8 heteroatoms. The first-order chi connectivity index (χ1) is 14.4. The van der Waals surface area contributed by atoms with Crippen LogP contribution in [-0.4, -0.2) is 46.6 Å². The Labute approximate surface area is 185 Å². The Kier molecular flexibility index (Phi) is 7.70. The number of para-hydroxylation sites is 1. The van der Waals surface area contributed by atoms with Gasteiger partial charge in [-0.15, -0.1) is 0 Å². The van der Waals surface area contributed by atoms with Crippen molar-refractivity contribution in [3.63, 3.8) is 0 Å². The molecular formula is C23H36N6O2. The average molecular weight is 429 g/mol. The lowest BCUT2D eigenvalue weighted by atomic mass is 10.1. The first kappa shape index (κ1) is 24.2. The van der Waals surface area contributed by atoms with Crippen molar-refractivity contribution < 1.29 is 9.53 Å². The van der Waals surface area contributed by atoms with Crippen LogP contribution in [-0.2, 0) is 11.3 Å². The molecule has 0 spiro atoms. The number of carbonyl (C=O) groups is 1. The number of carbonyl (C=O) groups excluding carboxylic acids is 1. The number of aliphatic imine (C=N–C) groups is 1. The number of amides is 1. The minimum Gasteiger partial charge on any atom is -0.444 e. The summed E-state index contributed by atoms with van der Waals surface area (Å²) in [5.41, 5.74) is 3.15. The van der Waals surface area contributed by atoms with E-state index in [9.17, 15) is 4.79 Å². The maximum absolute atomic E-state index is 12.1. The third-order valence-corrected chi connectivity index (χ3v) is 4.64. The van der Waals surface area contributed by atoms with Crippen LogP contribution in [0.25, 0.3) is 5.69 Å². The average Bonchev–Trinajstić information content (AvgIpc) is 2.94. The second-order valence-corrected chi connectivity index (χ2v) is 9.19. The minimum atomic E-state index is -0.537. The van der Waals surface area contributed by atoms with Gasteiger partial charge < -0.3 is 20.7 Å². The largest absolute Gasteiger partial charge is 0.444 e. The summed E-state index contributed by atoms with van der Waals surface area (Å²) in [6.45, 7) is 14.5. The highest BCUT2D eigenvalue weighted by Crippen LogP contribution is 2.17. The molecule has 0 fully saturated rings. The van der Waals surface area contributed by atoms with Crippen molar-refractivity contribution >= 4 is 12.1 Å². The Morgan fingerprint density at radius 3 is 2.32 bits per heavy atom. The summed E-state index contributed by atoms with van der Waals surface area (Å²) in [5, 5.41) is 14.2. The van der Waals surface area contributed by atoms with Gasteiger partial charge in [0.1, 0.15) is 5.60 Å². The zero-order valence-corrected chi connectivity index (χ0v) is 20.0. The molecule has 0 aliphatic rings. The minimum absolute atomic E-state index is 0.443. The molecule has 8 nitrogen and oxygen atoms in total. The van der Waals surface area contributed by atoms with Gasteiger partial charge >= 0.3 is 6.09 Å². The molecule has 0 saturated carbocycles. The number of hydrogen-bond acceptors (Lipinski definition) is 4. The molecule has 170 valence electrons. The summed E-state index contributed by atoms with van der Waals surface area (Å²) < 4.78 is 7.30. The lowest BCUT2D eigenvalue weighted by Crippen LogP contribution is -2.54. The first-order valence-corrected chi connectivity index (χ1v) is 10.5. The fraction of sp³-hybridized carbons (Fsp3) is 0.522. The molecule has 1 aromatic carbocycles. The van der Waals surface area contributed by atoms with Gasteiger partial charge in [0, 0.05) is 31.4 Å². The maximum atomic E-state index is 12.1. The van der Waals surface area contributed by atoms with Gasteiger partial charge in [-0.1, -0.05) is 18.2 Å². The van der Waals surface area contributed by atoms with Crippen LogP contribution in [0.1, 0.15) is 51.6 Å². The molecule has 3 N–H and O–H groups in total. The molecule has 0 aliphatic carbocycles. The van der Waals surface area contributed by atoms with Crippen molar-refractivity contribution in [3.05, 3.63) is 47.3 Å². The Balaban J connectivity index is 1.96. The highest BCUT2D eigenvalue weighted by molar-refractivity contribution is 5.80. The topological polar surface area (TPSA) is 92.6 Å². The van der Waals surface area contributed by atoms with Gasteiger partial charge in [-0.25, -0.2) is 9.48 Å². The van der Waals surface area contributed by atoms with Crippen LogP contribution in [0, 0.1) is 13.8 Å². The van der Waals surface area contributed by atoms with Crippen LogP contribution >= 0.6 is 0 Å². The van der Waals surface area contributed by atoms with Gasteiger partial charge in [-0.2, -0.15) is 5.10 Å². The van der Waals surface area contributed by atoms with Crippen LogP contribution in [0.2, 0.25) is 0 Å². The number of hydrogen-bond donors (Lipinski definition) is 3. The molecule has 1 aromatic heterocycles. The van der Waals surface area contributed by atoms with Crippen LogP contribution in [0.3, 0.4) is 0 Å². The zero-order valence-electron chi connectivity index (χ0n) is 20.0. The normalized spacial score (nSPS) is 12.5. The molecule has 2 aromatic rings. The van der Waals surface area contributed by atoms with Crippen molar-refractivity contribution in [1.29, 1.82) is 0 Å². The third kappa shape index (κ3) is 7.31. The quantitative estimate of drug-likeness (QED) is 0.484. The smallest absolute Gasteiger partial charge is 0.408 e. The van der Waals surface area contributed by atoms with Gasteiger partial charge in [-0.05, 0) is 60.6 Å². The van der Waals surface area contributed by atoms with E-state index in [1.165, 1.54) is 0 Å². The molecule has 0 saturated heterocycles. The van der Waals surface area contributed by atoms with Crippen molar-refractivity contribution in [3.8, 4) is 5.69 Å². The number of ether oxygens (including phenoxy) is 1. The summed E-state index contributed by atoms with van der Waals surface area (Å²) in [5.74, 6) is 0.644. The van der Waals surface area contributed by atoms with Crippen LogP contribution in [0.5, 0.6) is 0 Å². The Morgan fingerprint density at radius 2 is 1.74 bits per heavy atom. The lowest BCUT2D eigenvalue weighted by molar-refractivity contribution is 0.0474. The second-order valence-electron chi connectivity index (χ2n) is 9.19. The number of nitrogens with zero attached hydrogens (tertiary/aromatic N) is 3. The molecule has 0 aliphatic heterocycles. The lowest BCUT2D eigenvalue weighted by Gasteiger charge is -2.29. The van der Waals surface area contributed by atoms with Gasteiger partial charge in [0.15, 0.2) is 5.96 Å². The molecule has 2 rings (SSSR count). The fourth-order valence-corrected chi connectivity index (χ4v) is 3.07. The standard InChI is InChI=1S/C23H36N6O2/c1-16-19(17(2)29(28-16)18-12-10-9-11-13-18)14-25-20(24-8)26-15-23(6,7)27-21(30)31-22(3,4)5/h9-13H,14-15H2,1-8H3,(H,27,30)(H2,24,25,26). The van der Waals surface area contributed by atoms with Crippen molar-refractivity contribution in [1.82, 2.24) is 25.7 Å². The van der Waals surface area contributed by atoms with E-state index < -0.39 is 17.2 Å². The first-order valence-electron chi connectivity index (χ1n) is 10.5. The van der Waals surface area contributed by atoms with Gasteiger partial charge in [0.05, 0.1) is 16.9 Å². The number of rotatable bonds is 6. The summed E-state index contributed by atoms with van der Waals surface area (Å²) in [4.78, 5) is 16.4. The molecule has 31 heavy (non-hydrogen) atoms. The summed E-state index contributed by atoms with van der Waals surface area (Å²) in [7, 11) is 1.72. The molecular weight excluding hydrogens is 392 g/mol. The molecule has 0 unspecified atom stereocenters. The van der Waals surface area contributed by atoms with Crippen molar-refractivity contribution in [2.24, 2.45) is 4.99 Å². The van der Waals surface area contributed by atoms with E-state index in [0.717, 1.165) is 22.6 Å². The zero-order chi connectivity index (χ0) is 23.2. The Bertz CT molecular complexity index is 910. The van der Waals surface area contributed by atoms with Crippen molar-refractivity contribution in [2.45, 2.75) is 66.2 Å². The molecule has 0 radical (unpaired) electrons. The van der Waals surface area contributed by atoms with E-state index in [1.54, 1.807) is 7.05 Å². The van der Waals surface area contributed by atoms with Crippen molar-refractivity contribution in [2.75, 3.05) is 13.6 Å². The highest BCUT2D eigenvalue weighted by atomic mass is 16.6. The molecule has 1 amide bonds. The predicted molar refractivity (Wildman–Crippen MR) is 125 cm³/mol. The summed E-state index contributed by atoms with van der Waals surface area (Å²) in [6, 6.07) is 10.1. The number of nitrogens with one attached hydrogen (secondary N) is 3. The molecule has 0 bridgehead atoms. The van der Waals surface area contributed by atoms with E-state index in [-0.39, 0.29) is 0 Å². The number of guanidine groups is 1. The van der Waals surface area contributed by atoms with Gasteiger partial charge in [0.25, 0.3) is 0 Å². The van der Waals surface area contributed by atoms with Crippen LogP contribution in [0.4, 0.5) is 4.79 Å². The Morgan fingerprint density at radius 1 is 1.10 bits per heavy atom. The number of benzene rings is 1. The Hall–Kier alpha value is -3.03. The van der Waals surface area contributed by atoms with Gasteiger partial charge in [-0.3, -0.25) is 4.99 Å². The monoisotopic (exact) mass is 428 g/mol. The van der Waals surface area contributed by atoms with E-state index in [1.807, 2.05) is 76.6 Å². The van der Waals surface area contributed by atoms with E-state index in [2.05, 4.69) is 33.0 Å². The van der Waals surface area contributed by atoms with E-state index >= 15 is 0 Å². The molecule has 1 heterocycles. The number of aromatic nitrogens is 2. The van der Waals surface area contributed by atoms with E-state index in [4.69, 9.17) is 4.74 Å². The summed E-state index contributed by atoms with van der Waals surface area (Å²) in [6.07, 6.45) is -0.443. The fourth-order valence-electron chi connectivity index (χ4n) is 3.07. The number of alkyl carbamates (subject to hydrolysis) is 1. The van der Waals surface area contributed by atoms with E-state index in [0.29, 0.717) is 19.0 Å². The predicted octanol–water partition coefficient (Wildman–Crippen LogP) is 3.46. The summed E-state index contributed by atoms with van der Waals surface area (Å²) >= 11 is 0. The third-order valence-electron chi connectivity index (χ3n) is 4.64. The highest BCUT2D eigenvalue weighted by Gasteiger charge is 2.25. The van der Waals surface area contributed by atoms with Crippen LogP contribution < -0.4 is 16.0 Å². The van der Waals surface area contributed by atoms with Gasteiger partial charge in [0.2, 0.25) is 0 Å². The number of aryl methyl sites for hydroxylation is 1.